The number of allylic oxidation sites excluding steroid dienone is 1. The fraction of sp³-hybridized carbons (Fsp3) is 0.111. The summed E-state index contributed by atoms with van der Waals surface area (Å²) in [5.74, 6) is -0.867. The minimum Gasteiger partial charge on any atom is -0.506 e. The highest BCUT2D eigenvalue weighted by molar-refractivity contribution is 6.35. The van der Waals surface area contributed by atoms with Crippen LogP contribution >= 0.6 is 23.2 Å². The number of hydrogen-bond donors (Lipinski definition) is 2. The van der Waals surface area contributed by atoms with Crippen LogP contribution in [0.3, 0.4) is 0 Å². The summed E-state index contributed by atoms with van der Waals surface area (Å²) >= 11 is 12.5. The van der Waals surface area contributed by atoms with Gasteiger partial charge in [0.05, 0.1) is 22.3 Å². The van der Waals surface area contributed by atoms with Crippen LogP contribution in [0.1, 0.15) is 28.4 Å². The molecule has 4 rings (SSSR count). The zero-order chi connectivity index (χ0) is 24.2. The fourth-order valence-corrected chi connectivity index (χ4v) is 4.20. The summed E-state index contributed by atoms with van der Waals surface area (Å²) in [6.07, 6.45) is 3.43. The van der Waals surface area contributed by atoms with E-state index in [-0.39, 0.29) is 17.4 Å². The number of carbonyl (C=O) groups excluding carboxylic acids is 1. The fourth-order valence-electron chi connectivity index (χ4n) is 3.86. The number of fused-ring (bicyclic) bond motifs is 1. The Labute approximate surface area is 206 Å². The highest BCUT2D eigenvalue weighted by Crippen LogP contribution is 2.31. The van der Waals surface area contributed by atoms with E-state index in [0.29, 0.717) is 33.1 Å². The molecule has 0 fully saturated rings. The van der Waals surface area contributed by atoms with Crippen LogP contribution in [-0.2, 0) is 7.05 Å². The molecule has 0 aliphatic rings. The second-order valence-corrected chi connectivity index (χ2v) is 8.68. The van der Waals surface area contributed by atoms with Gasteiger partial charge in [0.15, 0.2) is 5.78 Å². The van der Waals surface area contributed by atoms with Crippen molar-refractivity contribution in [2.75, 3.05) is 5.32 Å². The summed E-state index contributed by atoms with van der Waals surface area (Å²) in [5, 5.41) is 15.6. The molecule has 5 nitrogen and oxygen atoms in total. The normalized spacial score (nSPS) is 12.2. The summed E-state index contributed by atoms with van der Waals surface area (Å²) in [4.78, 5) is 25.7. The number of benzene rings is 3. The Balaban J connectivity index is 1.62. The lowest BCUT2D eigenvalue weighted by molar-refractivity contribution is 0.104. The molecular weight excluding hydrogens is 471 g/mol. The minimum absolute atomic E-state index is 0.214. The van der Waals surface area contributed by atoms with Crippen molar-refractivity contribution in [2.24, 2.45) is 7.05 Å². The second-order valence-electron chi connectivity index (χ2n) is 7.84. The second kappa shape index (κ2) is 10.2. The van der Waals surface area contributed by atoms with Crippen LogP contribution in [0.25, 0.3) is 10.9 Å². The van der Waals surface area contributed by atoms with Crippen molar-refractivity contribution >= 4 is 45.6 Å². The van der Waals surface area contributed by atoms with E-state index in [1.807, 2.05) is 30.3 Å². The Kier molecular flexibility index (Phi) is 7.06. The molecule has 3 aromatic carbocycles. The third kappa shape index (κ3) is 4.86. The average Bonchev–Trinajstić information content (AvgIpc) is 2.85. The number of anilines is 1. The lowest BCUT2D eigenvalue weighted by atomic mass is 10.0. The Hall–Kier alpha value is -3.54. The molecule has 0 aliphatic carbocycles. The standard InChI is InChI=1S/C27H22Cl2N2O3/c1-31-23-12-6-5-10-19(23)26(33)25(27(31)34)24(32)13-7-11-21(17-8-3-2-4-9-17)30-22-16-18(28)14-15-20(22)29/h2-10,12-16,21,30,33H,11H2,1H3/b13-7+/t21-/m1/s1. The van der Waals surface area contributed by atoms with E-state index in [1.165, 1.54) is 10.6 Å². The molecule has 0 radical (unpaired) electrons. The van der Waals surface area contributed by atoms with E-state index in [9.17, 15) is 14.7 Å². The lowest BCUT2D eigenvalue weighted by Gasteiger charge is -2.20. The molecule has 0 unspecified atom stereocenters. The van der Waals surface area contributed by atoms with E-state index >= 15 is 0 Å². The number of aromatic nitrogens is 1. The highest BCUT2D eigenvalue weighted by Gasteiger charge is 2.19. The van der Waals surface area contributed by atoms with Gasteiger partial charge in [0.25, 0.3) is 5.56 Å². The molecule has 1 heterocycles. The number of halogens is 2. The van der Waals surface area contributed by atoms with Gasteiger partial charge in [0, 0.05) is 17.5 Å². The molecule has 34 heavy (non-hydrogen) atoms. The van der Waals surface area contributed by atoms with Gasteiger partial charge in [-0.1, -0.05) is 71.7 Å². The molecule has 1 aromatic heterocycles. The number of para-hydroxylation sites is 1. The van der Waals surface area contributed by atoms with Gasteiger partial charge in [0.2, 0.25) is 0 Å². The first-order chi connectivity index (χ1) is 16.4. The number of hydrogen-bond acceptors (Lipinski definition) is 4. The van der Waals surface area contributed by atoms with Gasteiger partial charge in [-0.15, -0.1) is 0 Å². The molecule has 172 valence electrons. The molecule has 0 saturated carbocycles. The maximum atomic E-state index is 12.9. The van der Waals surface area contributed by atoms with Crippen molar-refractivity contribution in [1.82, 2.24) is 4.57 Å². The van der Waals surface area contributed by atoms with Gasteiger partial charge in [-0.2, -0.15) is 0 Å². The van der Waals surface area contributed by atoms with Crippen LogP contribution in [0.5, 0.6) is 5.75 Å². The zero-order valence-electron chi connectivity index (χ0n) is 18.3. The third-order valence-corrected chi connectivity index (χ3v) is 6.19. The van der Waals surface area contributed by atoms with Crippen molar-refractivity contribution in [3.8, 4) is 5.75 Å². The predicted molar refractivity (Wildman–Crippen MR) is 138 cm³/mol. The first-order valence-corrected chi connectivity index (χ1v) is 11.4. The number of aromatic hydroxyl groups is 1. The van der Waals surface area contributed by atoms with Gasteiger partial charge in [-0.25, -0.2) is 0 Å². The molecule has 0 spiro atoms. The Morgan fingerprint density at radius 1 is 1.06 bits per heavy atom. The molecule has 0 saturated heterocycles. The number of nitrogens with one attached hydrogen (secondary N) is 1. The van der Waals surface area contributed by atoms with Gasteiger partial charge in [-0.3, -0.25) is 9.59 Å². The summed E-state index contributed by atoms with van der Waals surface area (Å²) < 4.78 is 1.37. The number of nitrogens with zero attached hydrogens (tertiary/aromatic N) is 1. The smallest absolute Gasteiger partial charge is 0.265 e. The molecule has 0 aliphatic heterocycles. The van der Waals surface area contributed by atoms with E-state index in [2.05, 4.69) is 5.32 Å². The van der Waals surface area contributed by atoms with E-state index < -0.39 is 11.3 Å². The average molecular weight is 493 g/mol. The Morgan fingerprint density at radius 3 is 2.53 bits per heavy atom. The van der Waals surface area contributed by atoms with Crippen LogP contribution in [-0.4, -0.2) is 15.5 Å². The Morgan fingerprint density at radius 2 is 1.76 bits per heavy atom. The van der Waals surface area contributed by atoms with Crippen molar-refractivity contribution in [2.45, 2.75) is 12.5 Å². The number of carbonyl (C=O) groups is 1. The maximum absolute atomic E-state index is 12.9. The summed E-state index contributed by atoms with van der Waals surface area (Å²) in [6, 6.07) is 21.6. The molecular formula is C27H22Cl2N2O3. The van der Waals surface area contributed by atoms with Crippen molar-refractivity contribution < 1.29 is 9.90 Å². The van der Waals surface area contributed by atoms with E-state index in [1.54, 1.807) is 55.6 Å². The molecule has 0 amide bonds. The number of pyridine rings is 1. The number of rotatable bonds is 7. The van der Waals surface area contributed by atoms with Crippen LogP contribution in [0, 0.1) is 0 Å². The minimum atomic E-state index is -0.559. The highest BCUT2D eigenvalue weighted by atomic mass is 35.5. The SMILES string of the molecule is Cn1c(=O)c(C(=O)/C=C/C[C@@H](Nc2cc(Cl)ccc2Cl)c2ccccc2)c(O)c2ccccc21. The molecule has 4 aromatic rings. The van der Waals surface area contributed by atoms with Crippen molar-refractivity contribution in [3.05, 3.63) is 116 Å². The Bertz CT molecular complexity index is 1450. The molecule has 2 N–H and O–H groups in total. The van der Waals surface area contributed by atoms with Crippen LogP contribution < -0.4 is 10.9 Å². The third-order valence-electron chi connectivity index (χ3n) is 5.62. The lowest BCUT2D eigenvalue weighted by Crippen LogP contribution is -2.24. The van der Waals surface area contributed by atoms with Crippen LogP contribution in [0.4, 0.5) is 5.69 Å². The molecule has 1 atom stereocenters. The summed E-state index contributed by atoms with van der Waals surface area (Å²) in [6.45, 7) is 0. The zero-order valence-corrected chi connectivity index (χ0v) is 19.8. The van der Waals surface area contributed by atoms with Crippen LogP contribution in [0.2, 0.25) is 10.0 Å². The largest absolute Gasteiger partial charge is 0.506 e. The molecule has 7 heteroatoms. The monoisotopic (exact) mass is 492 g/mol. The summed E-state index contributed by atoms with van der Waals surface area (Å²) in [5.41, 5.74) is 1.41. The van der Waals surface area contributed by atoms with Gasteiger partial charge < -0.3 is 15.0 Å². The van der Waals surface area contributed by atoms with Gasteiger partial charge in [-0.05, 0) is 48.4 Å². The van der Waals surface area contributed by atoms with E-state index in [4.69, 9.17) is 23.2 Å². The predicted octanol–water partition coefficient (Wildman–Crippen LogP) is 6.53. The van der Waals surface area contributed by atoms with Crippen molar-refractivity contribution in [3.63, 3.8) is 0 Å². The van der Waals surface area contributed by atoms with E-state index in [0.717, 1.165) is 5.56 Å². The quantitative estimate of drug-likeness (QED) is 0.227. The first-order valence-electron chi connectivity index (χ1n) is 10.6. The van der Waals surface area contributed by atoms with Crippen molar-refractivity contribution in [1.29, 1.82) is 0 Å². The summed E-state index contributed by atoms with van der Waals surface area (Å²) in [7, 11) is 1.58. The first kappa shape index (κ1) is 23.6. The van der Waals surface area contributed by atoms with Gasteiger partial charge >= 0.3 is 0 Å². The topological polar surface area (TPSA) is 71.3 Å². The number of ketones is 1. The van der Waals surface area contributed by atoms with Crippen LogP contribution in [0.15, 0.2) is 89.7 Å². The number of aryl methyl sites for hydroxylation is 1. The molecule has 0 bridgehead atoms. The van der Waals surface area contributed by atoms with Gasteiger partial charge in [0.1, 0.15) is 11.3 Å². The maximum Gasteiger partial charge on any atom is 0.265 e.